The van der Waals surface area contributed by atoms with Gasteiger partial charge in [0, 0.05) is 17.8 Å². The van der Waals surface area contributed by atoms with Gasteiger partial charge in [0.2, 0.25) is 0 Å². The summed E-state index contributed by atoms with van der Waals surface area (Å²) in [5, 5.41) is 17.6. The van der Waals surface area contributed by atoms with Crippen molar-refractivity contribution >= 4 is 23.1 Å². The van der Waals surface area contributed by atoms with Gasteiger partial charge in [0.25, 0.3) is 0 Å². The molecule has 0 spiro atoms. The summed E-state index contributed by atoms with van der Waals surface area (Å²) in [4.78, 5) is 24.3. The Kier molecular flexibility index (Phi) is 10.0. The number of carboxylic acids is 1. The lowest BCUT2D eigenvalue weighted by atomic mass is 10.0. The smallest absolute Gasteiger partial charge is 0.321 e. The number of benzene rings is 1. The zero-order valence-corrected chi connectivity index (χ0v) is 18.2. The van der Waals surface area contributed by atoms with Crippen LogP contribution in [0.15, 0.2) is 35.7 Å². The van der Waals surface area contributed by atoms with Crippen LogP contribution in [0.4, 0.5) is 0 Å². The third-order valence-electron chi connectivity index (χ3n) is 4.81. The number of nitrogens with one attached hydrogen (secondary N) is 2. The number of Topliss-reactive ketones (excluding diaryl/α,β-unsaturated/α-hetero) is 1. The van der Waals surface area contributed by atoms with E-state index in [9.17, 15) is 14.7 Å². The Hall–Kier alpha value is -2.02. The van der Waals surface area contributed by atoms with Crippen LogP contribution in [0.25, 0.3) is 11.1 Å². The monoisotopic (exact) mass is 416 g/mol. The first-order valence-electron chi connectivity index (χ1n) is 10.4. The molecule has 3 N–H and O–H groups in total. The Morgan fingerprint density at radius 2 is 1.86 bits per heavy atom. The SMILES string of the molecule is CCCCCC(=O)CNCc1cc(-c2ccc(CC(NCC)C(=O)O)cc2)cs1. The highest BCUT2D eigenvalue weighted by Crippen LogP contribution is 2.26. The molecule has 1 atom stereocenters. The van der Waals surface area contributed by atoms with Gasteiger partial charge in [-0.15, -0.1) is 11.3 Å². The van der Waals surface area contributed by atoms with Gasteiger partial charge < -0.3 is 15.7 Å². The molecule has 0 radical (unpaired) electrons. The fourth-order valence-electron chi connectivity index (χ4n) is 3.17. The molecule has 29 heavy (non-hydrogen) atoms. The van der Waals surface area contributed by atoms with E-state index in [4.69, 9.17) is 0 Å². The number of hydrogen-bond acceptors (Lipinski definition) is 5. The zero-order valence-electron chi connectivity index (χ0n) is 17.4. The maximum Gasteiger partial charge on any atom is 0.321 e. The first-order chi connectivity index (χ1) is 14.0. The number of rotatable bonds is 14. The van der Waals surface area contributed by atoms with Crippen molar-refractivity contribution in [3.05, 3.63) is 46.2 Å². The second kappa shape index (κ2) is 12.5. The summed E-state index contributed by atoms with van der Waals surface area (Å²) < 4.78 is 0. The van der Waals surface area contributed by atoms with E-state index in [1.165, 1.54) is 4.88 Å². The molecule has 1 aromatic carbocycles. The fraction of sp³-hybridized carbons (Fsp3) is 0.478. The van der Waals surface area contributed by atoms with Crippen LogP contribution in [0.3, 0.4) is 0 Å². The number of thiophene rings is 1. The van der Waals surface area contributed by atoms with Crippen molar-refractivity contribution in [3.63, 3.8) is 0 Å². The van der Waals surface area contributed by atoms with Gasteiger partial charge in [0.05, 0.1) is 6.54 Å². The number of hydrogen-bond donors (Lipinski definition) is 3. The molecule has 5 nitrogen and oxygen atoms in total. The van der Waals surface area contributed by atoms with Gasteiger partial charge in [-0.05, 0) is 47.5 Å². The molecule has 2 rings (SSSR count). The van der Waals surface area contributed by atoms with Crippen LogP contribution in [0.2, 0.25) is 0 Å². The minimum atomic E-state index is -0.824. The van der Waals surface area contributed by atoms with Crippen LogP contribution in [-0.2, 0) is 22.6 Å². The van der Waals surface area contributed by atoms with E-state index in [-0.39, 0.29) is 5.78 Å². The van der Waals surface area contributed by atoms with E-state index in [1.807, 2.05) is 31.2 Å². The third kappa shape index (κ3) is 8.09. The first kappa shape index (κ1) is 23.3. The fourth-order valence-corrected chi connectivity index (χ4v) is 4.04. The normalized spacial score (nSPS) is 12.1. The molecule has 0 amide bonds. The van der Waals surface area contributed by atoms with Crippen LogP contribution in [0.1, 0.15) is 50.0 Å². The lowest BCUT2D eigenvalue weighted by molar-refractivity contribution is -0.139. The predicted octanol–water partition coefficient (Wildman–Crippen LogP) is 4.26. The summed E-state index contributed by atoms with van der Waals surface area (Å²) in [5.41, 5.74) is 3.26. The summed E-state index contributed by atoms with van der Waals surface area (Å²) >= 11 is 1.68. The van der Waals surface area contributed by atoms with Gasteiger partial charge in [0.15, 0.2) is 0 Å². The molecule has 1 unspecified atom stereocenters. The molecule has 6 heteroatoms. The number of likely N-dealkylation sites (N-methyl/N-ethyl adjacent to an activating group) is 1. The summed E-state index contributed by atoms with van der Waals surface area (Å²) in [6.45, 7) is 5.81. The standard InChI is InChI=1S/C23H32N2O3S/c1-3-5-6-7-20(26)14-24-15-21-13-19(16-29-21)18-10-8-17(9-11-18)12-22(23(27)28)25-4-2/h8-11,13,16,22,24-25H,3-7,12,14-15H2,1-2H3,(H,27,28). The number of aliphatic carboxylic acids is 1. The number of carboxylic acid groups (broad SMARTS) is 1. The maximum atomic E-state index is 11.8. The Bertz CT molecular complexity index is 771. The highest BCUT2D eigenvalue weighted by Gasteiger charge is 2.16. The highest BCUT2D eigenvalue weighted by atomic mass is 32.1. The van der Waals surface area contributed by atoms with Crippen molar-refractivity contribution in [2.45, 2.75) is 58.5 Å². The van der Waals surface area contributed by atoms with Crippen LogP contribution in [0, 0.1) is 0 Å². The van der Waals surface area contributed by atoms with Gasteiger partial charge in [0.1, 0.15) is 11.8 Å². The van der Waals surface area contributed by atoms with Gasteiger partial charge in [-0.1, -0.05) is 51.0 Å². The van der Waals surface area contributed by atoms with E-state index >= 15 is 0 Å². The minimum absolute atomic E-state index is 0.281. The molecule has 0 aliphatic rings. The maximum absolute atomic E-state index is 11.8. The van der Waals surface area contributed by atoms with E-state index < -0.39 is 12.0 Å². The van der Waals surface area contributed by atoms with E-state index in [1.54, 1.807) is 11.3 Å². The van der Waals surface area contributed by atoms with Crippen molar-refractivity contribution in [2.75, 3.05) is 13.1 Å². The molecule has 0 aliphatic carbocycles. The summed E-state index contributed by atoms with van der Waals surface area (Å²) in [6.07, 6.45) is 4.37. The number of carbonyl (C=O) groups is 2. The van der Waals surface area contributed by atoms with Gasteiger partial charge in [-0.2, -0.15) is 0 Å². The second-order valence-corrected chi connectivity index (χ2v) is 8.25. The number of ketones is 1. The average Bonchev–Trinajstić information content (AvgIpc) is 3.17. The topological polar surface area (TPSA) is 78.4 Å². The Labute approximate surface area is 177 Å². The Morgan fingerprint density at radius 1 is 1.10 bits per heavy atom. The molecule has 1 aromatic heterocycles. The summed E-state index contributed by atoms with van der Waals surface area (Å²) in [6, 6.07) is 9.65. The van der Waals surface area contributed by atoms with Gasteiger partial charge in [-0.25, -0.2) is 0 Å². The van der Waals surface area contributed by atoms with Crippen LogP contribution in [-0.4, -0.2) is 36.0 Å². The molecule has 0 bridgehead atoms. The van der Waals surface area contributed by atoms with Crippen LogP contribution >= 0.6 is 11.3 Å². The Balaban J connectivity index is 1.85. The van der Waals surface area contributed by atoms with Crippen molar-refractivity contribution in [1.82, 2.24) is 10.6 Å². The average molecular weight is 417 g/mol. The third-order valence-corrected chi connectivity index (χ3v) is 5.75. The Morgan fingerprint density at radius 3 is 2.52 bits per heavy atom. The van der Waals surface area contributed by atoms with Crippen molar-refractivity contribution in [2.24, 2.45) is 0 Å². The van der Waals surface area contributed by atoms with E-state index in [0.29, 0.717) is 32.5 Å². The molecule has 0 saturated heterocycles. The molecule has 1 heterocycles. The lowest BCUT2D eigenvalue weighted by Crippen LogP contribution is -2.38. The number of unbranched alkanes of at least 4 members (excludes halogenated alkanes) is 2. The molecular formula is C23H32N2O3S. The van der Waals surface area contributed by atoms with Gasteiger partial charge >= 0.3 is 5.97 Å². The molecular weight excluding hydrogens is 384 g/mol. The molecule has 0 fully saturated rings. The predicted molar refractivity (Wildman–Crippen MR) is 119 cm³/mol. The largest absolute Gasteiger partial charge is 0.480 e. The van der Waals surface area contributed by atoms with E-state index in [2.05, 4.69) is 29.0 Å². The van der Waals surface area contributed by atoms with Crippen molar-refractivity contribution < 1.29 is 14.7 Å². The van der Waals surface area contributed by atoms with Crippen molar-refractivity contribution in [3.8, 4) is 11.1 Å². The molecule has 158 valence electrons. The summed E-state index contributed by atoms with van der Waals surface area (Å²) in [7, 11) is 0. The summed E-state index contributed by atoms with van der Waals surface area (Å²) in [5.74, 6) is -0.544. The lowest BCUT2D eigenvalue weighted by Gasteiger charge is -2.13. The number of carbonyl (C=O) groups excluding carboxylic acids is 1. The van der Waals surface area contributed by atoms with E-state index in [0.717, 1.165) is 36.0 Å². The molecule has 0 saturated carbocycles. The molecule has 2 aromatic rings. The van der Waals surface area contributed by atoms with Gasteiger partial charge in [-0.3, -0.25) is 9.59 Å². The first-order valence-corrected chi connectivity index (χ1v) is 11.3. The van der Waals surface area contributed by atoms with Crippen LogP contribution < -0.4 is 10.6 Å². The minimum Gasteiger partial charge on any atom is -0.480 e. The quantitative estimate of drug-likeness (QED) is 0.401. The van der Waals surface area contributed by atoms with Crippen molar-refractivity contribution in [1.29, 1.82) is 0 Å². The second-order valence-electron chi connectivity index (χ2n) is 7.25. The highest BCUT2D eigenvalue weighted by molar-refractivity contribution is 7.10. The zero-order chi connectivity index (χ0) is 21.1. The molecule has 0 aliphatic heterocycles. The van der Waals surface area contributed by atoms with Crippen LogP contribution in [0.5, 0.6) is 0 Å².